The molecule has 1 aromatic rings. The molecule has 0 saturated heterocycles. The van der Waals surface area contributed by atoms with E-state index in [1.165, 1.54) is 11.1 Å². The van der Waals surface area contributed by atoms with Crippen LogP contribution in [0.1, 0.15) is 23.6 Å². The van der Waals surface area contributed by atoms with Gasteiger partial charge in [-0.25, -0.2) is 0 Å². The number of nitrogens with one attached hydrogen (secondary N) is 1. The number of hydroxylamine groups is 1. The van der Waals surface area contributed by atoms with E-state index in [1.807, 2.05) is 12.1 Å². The van der Waals surface area contributed by atoms with E-state index in [0.29, 0.717) is 0 Å². The first-order chi connectivity index (χ1) is 5.42. The third-order valence-corrected chi connectivity index (χ3v) is 2.29. The summed E-state index contributed by atoms with van der Waals surface area (Å²) in [6, 6.07) is 8.39. The van der Waals surface area contributed by atoms with Gasteiger partial charge >= 0.3 is 0 Å². The fourth-order valence-electron chi connectivity index (χ4n) is 1.69. The maximum atomic E-state index is 8.76. The Labute approximate surface area is 65.8 Å². The van der Waals surface area contributed by atoms with Crippen molar-refractivity contribution in [3.8, 4) is 0 Å². The molecule has 1 atom stereocenters. The van der Waals surface area contributed by atoms with E-state index in [0.717, 1.165) is 12.8 Å². The minimum atomic E-state index is 0.159. The zero-order chi connectivity index (χ0) is 7.68. The van der Waals surface area contributed by atoms with Crippen LogP contribution in [0.2, 0.25) is 0 Å². The summed E-state index contributed by atoms with van der Waals surface area (Å²) in [6.45, 7) is 0. The predicted molar refractivity (Wildman–Crippen MR) is 42.4 cm³/mol. The fourth-order valence-corrected chi connectivity index (χ4v) is 1.69. The van der Waals surface area contributed by atoms with E-state index in [1.54, 1.807) is 0 Å². The van der Waals surface area contributed by atoms with Crippen molar-refractivity contribution in [3.05, 3.63) is 35.4 Å². The summed E-state index contributed by atoms with van der Waals surface area (Å²) < 4.78 is 0. The molecule has 0 aromatic heterocycles. The van der Waals surface area contributed by atoms with Gasteiger partial charge < -0.3 is 5.21 Å². The van der Waals surface area contributed by atoms with Crippen molar-refractivity contribution in [3.63, 3.8) is 0 Å². The molecule has 0 radical (unpaired) electrons. The van der Waals surface area contributed by atoms with Gasteiger partial charge in [0.1, 0.15) is 0 Å². The third-order valence-electron chi connectivity index (χ3n) is 2.29. The van der Waals surface area contributed by atoms with Crippen molar-refractivity contribution in [2.45, 2.75) is 18.9 Å². The molecule has 1 aliphatic rings. The lowest BCUT2D eigenvalue weighted by Gasteiger charge is -2.06. The summed E-state index contributed by atoms with van der Waals surface area (Å²) in [5.74, 6) is 0. The van der Waals surface area contributed by atoms with Gasteiger partial charge in [0, 0.05) is 0 Å². The van der Waals surface area contributed by atoms with E-state index in [4.69, 9.17) is 5.21 Å². The van der Waals surface area contributed by atoms with E-state index < -0.39 is 0 Å². The smallest absolute Gasteiger partial charge is 0.0574 e. The lowest BCUT2D eigenvalue weighted by molar-refractivity contribution is 0.126. The Bertz CT molecular complexity index is 259. The molecule has 0 aliphatic heterocycles. The zero-order valence-electron chi connectivity index (χ0n) is 6.25. The monoisotopic (exact) mass is 149 g/mol. The van der Waals surface area contributed by atoms with E-state index in [9.17, 15) is 0 Å². The highest BCUT2D eigenvalue weighted by atomic mass is 16.5. The Hall–Kier alpha value is -0.860. The van der Waals surface area contributed by atoms with E-state index in [2.05, 4.69) is 17.6 Å². The van der Waals surface area contributed by atoms with Gasteiger partial charge in [0.25, 0.3) is 0 Å². The first kappa shape index (κ1) is 6.83. The van der Waals surface area contributed by atoms with Crippen LogP contribution in [0.4, 0.5) is 0 Å². The minimum absolute atomic E-state index is 0.159. The second-order valence-corrected chi connectivity index (χ2v) is 2.92. The molecule has 0 unspecified atom stereocenters. The second-order valence-electron chi connectivity index (χ2n) is 2.92. The first-order valence-electron chi connectivity index (χ1n) is 3.89. The largest absolute Gasteiger partial charge is 0.316 e. The number of fused-ring (bicyclic) bond motifs is 1. The van der Waals surface area contributed by atoms with Crippen LogP contribution >= 0.6 is 0 Å². The normalized spacial score (nSPS) is 21.7. The molecule has 0 spiro atoms. The quantitative estimate of drug-likeness (QED) is 0.595. The average Bonchev–Trinajstić information content (AvgIpc) is 2.47. The highest BCUT2D eigenvalue weighted by molar-refractivity contribution is 5.33. The van der Waals surface area contributed by atoms with Crippen LogP contribution in [0.25, 0.3) is 0 Å². The lowest BCUT2D eigenvalue weighted by atomic mass is 10.1. The van der Waals surface area contributed by atoms with Gasteiger partial charge in [0.05, 0.1) is 6.04 Å². The van der Waals surface area contributed by atoms with Gasteiger partial charge in [0.15, 0.2) is 0 Å². The summed E-state index contributed by atoms with van der Waals surface area (Å²) in [4.78, 5) is 0. The highest BCUT2D eigenvalue weighted by Crippen LogP contribution is 2.29. The number of rotatable bonds is 1. The molecule has 0 bridgehead atoms. The van der Waals surface area contributed by atoms with Crippen molar-refractivity contribution in [1.82, 2.24) is 5.48 Å². The molecule has 2 nitrogen and oxygen atoms in total. The van der Waals surface area contributed by atoms with Crippen LogP contribution in [-0.4, -0.2) is 5.21 Å². The molecule has 11 heavy (non-hydrogen) atoms. The molecule has 1 aromatic carbocycles. The van der Waals surface area contributed by atoms with Crippen LogP contribution in [0.3, 0.4) is 0 Å². The molecule has 0 fully saturated rings. The van der Waals surface area contributed by atoms with Crippen molar-refractivity contribution in [2.75, 3.05) is 0 Å². The number of hydrogen-bond donors (Lipinski definition) is 2. The van der Waals surface area contributed by atoms with Crippen LogP contribution < -0.4 is 5.48 Å². The Morgan fingerprint density at radius 2 is 2.18 bits per heavy atom. The fraction of sp³-hybridized carbons (Fsp3) is 0.333. The molecule has 2 rings (SSSR count). The average molecular weight is 149 g/mol. The summed E-state index contributed by atoms with van der Waals surface area (Å²) >= 11 is 0. The molecule has 1 aliphatic carbocycles. The minimum Gasteiger partial charge on any atom is -0.316 e. The maximum Gasteiger partial charge on any atom is 0.0574 e. The summed E-state index contributed by atoms with van der Waals surface area (Å²) in [5, 5.41) is 8.76. The molecule has 0 heterocycles. The first-order valence-corrected chi connectivity index (χ1v) is 3.89. The van der Waals surface area contributed by atoms with Gasteiger partial charge in [0.2, 0.25) is 0 Å². The van der Waals surface area contributed by atoms with Crippen LogP contribution in [0.15, 0.2) is 24.3 Å². The SMILES string of the molecule is ON[C@@H]1CCc2ccccc21. The molecular weight excluding hydrogens is 138 g/mol. The molecular formula is C9H11NO. The molecule has 0 amide bonds. The van der Waals surface area contributed by atoms with Crippen LogP contribution in [0, 0.1) is 0 Å². The molecule has 2 N–H and O–H groups in total. The predicted octanol–water partition coefficient (Wildman–Crippen LogP) is 1.65. The standard InChI is InChI=1S/C9H11NO/c11-10-9-6-5-7-3-1-2-4-8(7)9/h1-4,9-11H,5-6H2/t9-/m1/s1. The Balaban J connectivity index is 2.39. The van der Waals surface area contributed by atoms with Crippen molar-refractivity contribution in [2.24, 2.45) is 0 Å². The zero-order valence-corrected chi connectivity index (χ0v) is 6.25. The molecule has 0 saturated carbocycles. The van der Waals surface area contributed by atoms with Crippen molar-refractivity contribution in [1.29, 1.82) is 0 Å². The van der Waals surface area contributed by atoms with E-state index in [-0.39, 0.29) is 6.04 Å². The number of hydrogen-bond acceptors (Lipinski definition) is 2. The third kappa shape index (κ3) is 1.04. The second kappa shape index (κ2) is 2.64. The van der Waals surface area contributed by atoms with Gasteiger partial charge in [-0.1, -0.05) is 24.3 Å². The summed E-state index contributed by atoms with van der Waals surface area (Å²) in [5.41, 5.74) is 4.93. The lowest BCUT2D eigenvalue weighted by Crippen LogP contribution is -2.13. The number of aryl methyl sites for hydroxylation is 1. The van der Waals surface area contributed by atoms with E-state index >= 15 is 0 Å². The highest BCUT2D eigenvalue weighted by Gasteiger charge is 2.20. The molecule has 58 valence electrons. The van der Waals surface area contributed by atoms with Gasteiger partial charge in [-0.2, -0.15) is 5.48 Å². The van der Waals surface area contributed by atoms with Crippen molar-refractivity contribution < 1.29 is 5.21 Å². The van der Waals surface area contributed by atoms with Crippen LogP contribution in [0.5, 0.6) is 0 Å². The van der Waals surface area contributed by atoms with Gasteiger partial charge in [-0.05, 0) is 24.0 Å². The molecule has 2 heteroatoms. The Morgan fingerprint density at radius 1 is 1.36 bits per heavy atom. The van der Waals surface area contributed by atoms with Gasteiger partial charge in [-0.15, -0.1) is 0 Å². The van der Waals surface area contributed by atoms with Crippen LogP contribution in [-0.2, 0) is 6.42 Å². The van der Waals surface area contributed by atoms with Gasteiger partial charge in [-0.3, -0.25) is 0 Å². The Kier molecular flexibility index (Phi) is 1.64. The maximum absolute atomic E-state index is 8.76. The Morgan fingerprint density at radius 3 is 3.00 bits per heavy atom. The summed E-state index contributed by atoms with van der Waals surface area (Å²) in [7, 11) is 0. The number of benzene rings is 1. The van der Waals surface area contributed by atoms with Crippen molar-refractivity contribution >= 4 is 0 Å². The topological polar surface area (TPSA) is 32.3 Å². The summed E-state index contributed by atoms with van der Waals surface area (Å²) in [6.07, 6.45) is 2.09.